The first-order valence-electron chi connectivity index (χ1n) is 6.04. The van der Waals surface area contributed by atoms with E-state index in [0.29, 0.717) is 0 Å². The van der Waals surface area contributed by atoms with E-state index in [9.17, 15) is 0 Å². The lowest BCUT2D eigenvalue weighted by atomic mass is 10.3. The van der Waals surface area contributed by atoms with E-state index in [1.807, 2.05) is 13.0 Å². The summed E-state index contributed by atoms with van der Waals surface area (Å²) in [4.78, 5) is 0. The number of hydrogen-bond donors (Lipinski definition) is 0. The molecule has 0 fully saturated rings. The molecule has 0 bridgehead atoms. The Morgan fingerprint density at radius 1 is 1.18 bits per heavy atom. The minimum atomic E-state index is -2.45. The molecule has 5 heteroatoms. The predicted molar refractivity (Wildman–Crippen MR) is 70.8 cm³/mol. The highest BCUT2D eigenvalue weighted by atomic mass is 28.4. The third-order valence-electron chi connectivity index (χ3n) is 2.81. The van der Waals surface area contributed by atoms with Crippen LogP contribution in [-0.2, 0) is 18.0 Å². The molecule has 4 nitrogen and oxygen atoms in total. The summed E-state index contributed by atoms with van der Waals surface area (Å²) >= 11 is 0. The Balaban J connectivity index is 4.17. The maximum absolute atomic E-state index is 5.79. The monoisotopic (exact) mass is 262 g/mol. The van der Waals surface area contributed by atoms with Gasteiger partial charge in [-0.1, -0.05) is 6.92 Å². The summed E-state index contributed by atoms with van der Waals surface area (Å²) in [6.07, 6.45) is 3.93. The molecule has 0 aromatic carbocycles. The molecular formula is C12H26O4Si. The molecule has 0 aromatic heterocycles. The highest BCUT2D eigenvalue weighted by molar-refractivity contribution is 6.60. The Bertz CT molecular complexity index is 218. The van der Waals surface area contributed by atoms with Gasteiger partial charge < -0.3 is 18.0 Å². The molecule has 0 radical (unpaired) electrons. The average Bonchev–Trinajstić information content (AvgIpc) is 2.38. The lowest BCUT2D eigenvalue weighted by molar-refractivity contribution is 0.0974. The lowest BCUT2D eigenvalue weighted by Gasteiger charge is -2.26. The van der Waals surface area contributed by atoms with E-state index in [2.05, 4.69) is 13.8 Å². The molecule has 0 heterocycles. The highest BCUT2D eigenvalue weighted by Crippen LogP contribution is 2.19. The third kappa shape index (κ3) is 5.67. The average molecular weight is 262 g/mol. The lowest BCUT2D eigenvalue weighted by Crippen LogP contribution is -2.43. The van der Waals surface area contributed by atoms with Crippen LogP contribution in [0.3, 0.4) is 0 Å². The highest BCUT2D eigenvalue weighted by Gasteiger charge is 2.37. The first-order valence-corrected chi connectivity index (χ1v) is 7.97. The summed E-state index contributed by atoms with van der Waals surface area (Å²) in [6.45, 7) is 6.13. The Hall–Kier alpha value is -0.363. The van der Waals surface area contributed by atoms with E-state index >= 15 is 0 Å². The Morgan fingerprint density at radius 2 is 1.71 bits per heavy atom. The molecule has 1 unspecified atom stereocenters. The van der Waals surface area contributed by atoms with Crippen LogP contribution < -0.4 is 0 Å². The van der Waals surface area contributed by atoms with E-state index in [0.717, 1.165) is 24.6 Å². The van der Waals surface area contributed by atoms with Gasteiger partial charge in [-0.3, -0.25) is 0 Å². The Labute approximate surface area is 106 Å². The molecule has 0 aliphatic carbocycles. The van der Waals surface area contributed by atoms with Gasteiger partial charge in [0, 0.05) is 33.8 Å². The summed E-state index contributed by atoms with van der Waals surface area (Å²) in [5.74, 6) is 1.03. The van der Waals surface area contributed by atoms with Gasteiger partial charge in [-0.15, -0.1) is 0 Å². The molecule has 0 saturated carbocycles. The van der Waals surface area contributed by atoms with Crippen molar-refractivity contribution in [2.24, 2.45) is 0 Å². The Morgan fingerprint density at radius 3 is 2.06 bits per heavy atom. The van der Waals surface area contributed by atoms with Crippen molar-refractivity contribution in [1.29, 1.82) is 0 Å². The van der Waals surface area contributed by atoms with Crippen LogP contribution in [0.2, 0.25) is 6.04 Å². The molecular weight excluding hydrogens is 236 g/mol. The smallest absolute Gasteiger partial charge is 0.495 e. The van der Waals surface area contributed by atoms with Crippen molar-refractivity contribution in [3.8, 4) is 0 Å². The van der Waals surface area contributed by atoms with Crippen LogP contribution >= 0.6 is 0 Å². The SMILES string of the molecule is C/C=C(/CC)OC(C)CC[Si](OC)(OC)OC. The van der Waals surface area contributed by atoms with Crippen LogP contribution in [0.15, 0.2) is 11.8 Å². The summed E-state index contributed by atoms with van der Waals surface area (Å²) in [7, 11) is 2.45. The zero-order chi connectivity index (χ0) is 13.3. The normalized spacial score (nSPS) is 14.8. The van der Waals surface area contributed by atoms with Crippen molar-refractivity contribution in [3.63, 3.8) is 0 Å². The van der Waals surface area contributed by atoms with Crippen LogP contribution in [0.5, 0.6) is 0 Å². The van der Waals surface area contributed by atoms with Crippen LogP contribution in [0.4, 0.5) is 0 Å². The van der Waals surface area contributed by atoms with Crippen LogP contribution in [0, 0.1) is 0 Å². The second-order valence-corrected chi connectivity index (χ2v) is 6.96. The topological polar surface area (TPSA) is 36.9 Å². The van der Waals surface area contributed by atoms with Gasteiger partial charge >= 0.3 is 8.80 Å². The largest absolute Gasteiger partial charge is 0.500 e. The Kier molecular flexibility index (Phi) is 8.50. The number of ether oxygens (including phenoxy) is 1. The number of hydrogen-bond acceptors (Lipinski definition) is 4. The van der Waals surface area contributed by atoms with E-state index in [1.54, 1.807) is 21.3 Å². The maximum atomic E-state index is 5.79. The molecule has 0 N–H and O–H groups in total. The van der Waals surface area contributed by atoms with E-state index in [1.165, 1.54) is 0 Å². The van der Waals surface area contributed by atoms with Gasteiger partial charge in [0.25, 0.3) is 0 Å². The third-order valence-corrected chi connectivity index (χ3v) is 5.58. The van der Waals surface area contributed by atoms with E-state index in [-0.39, 0.29) is 6.10 Å². The van der Waals surface area contributed by atoms with Gasteiger partial charge in [-0.2, -0.15) is 0 Å². The van der Waals surface area contributed by atoms with E-state index in [4.69, 9.17) is 18.0 Å². The van der Waals surface area contributed by atoms with E-state index < -0.39 is 8.80 Å². The molecule has 0 saturated heterocycles. The molecule has 0 aromatic rings. The first-order chi connectivity index (χ1) is 8.07. The van der Waals surface area contributed by atoms with Crippen LogP contribution in [-0.4, -0.2) is 36.2 Å². The van der Waals surface area contributed by atoms with Gasteiger partial charge in [0.05, 0.1) is 11.9 Å². The second-order valence-electron chi connectivity index (χ2n) is 3.87. The van der Waals surface area contributed by atoms with Gasteiger partial charge in [-0.25, -0.2) is 0 Å². The molecule has 0 aliphatic heterocycles. The number of allylic oxidation sites excluding steroid dienone is 2. The molecule has 1 atom stereocenters. The molecule has 0 spiro atoms. The second kappa shape index (κ2) is 8.69. The minimum absolute atomic E-state index is 0.147. The van der Waals surface area contributed by atoms with Crippen LogP contribution in [0.1, 0.15) is 33.6 Å². The molecule has 0 aliphatic rings. The van der Waals surface area contributed by atoms with Crippen molar-refractivity contribution in [3.05, 3.63) is 11.8 Å². The van der Waals surface area contributed by atoms with Crippen molar-refractivity contribution in [2.45, 2.75) is 45.8 Å². The summed E-state index contributed by atoms with van der Waals surface area (Å²) in [6, 6.07) is 0.762. The van der Waals surface area contributed by atoms with Gasteiger partial charge in [0.2, 0.25) is 0 Å². The fourth-order valence-electron chi connectivity index (χ4n) is 1.61. The minimum Gasteiger partial charge on any atom is -0.495 e. The fourth-order valence-corrected chi connectivity index (χ4v) is 3.48. The van der Waals surface area contributed by atoms with Gasteiger partial charge in [0.1, 0.15) is 0 Å². The number of rotatable bonds is 9. The van der Waals surface area contributed by atoms with Gasteiger partial charge in [-0.05, 0) is 26.3 Å². The molecule has 102 valence electrons. The van der Waals surface area contributed by atoms with Crippen molar-refractivity contribution >= 4 is 8.80 Å². The summed E-state index contributed by atoms with van der Waals surface area (Å²) in [5.41, 5.74) is 0. The predicted octanol–water partition coefficient (Wildman–Crippen LogP) is 2.97. The fraction of sp³-hybridized carbons (Fsp3) is 0.833. The molecule has 0 amide bonds. The van der Waals surface area contributed by atoms with Crippen molar-refractivity contribution in [2.75, 3.05) is 21.3 Å². The van der Waals surface area contributed by atoms with Crippen molar-refractivity contribution in [1.82, 2.24) is 0 Å². The quantitative estimate of drug-likeness (QED) is 0.473. The maximum Gasteiger partial charge on any atom is 0.500 e. The van der Waals surface area contributed by atoms with Gasteiger partial charge in [0.15, 0.2) is 0 Å². The first kappa shape index (κ1) is 16.6. The van der Waals surface area contributed by atoms with Crippen molar-refractivity contribution < 1.29 is 18.0 Å². The standard InChI is InChI=1S/C12H26O4Si/c1-7-12(8-2)16-11(3)9-10-17(13-4,14-5)15-6/h7,11H,8-10H2,1-6H3/b12-7-. The molecule has 17 heavy (non-hydrogen) atoms. The molecule has 0 rings (SSSR count). The van der Waals surface area contributed by atoms with Crippen LogP contribution in [0.25, 0.3) is 0 Å². The zero-order valence-electron chi connectivity index (χ0n) is 11.9. The summed E-state index contributed by atoms with van der Waals surface area (Å²) < 4.78 is 21.9. The zero-order valence-corrected chi connectivity index (χ0v) is 12.9. The summed E-state index contributed by atoms with van der Waals surface area (Å²) in [5, 5.41) is 0.